The second-order valence-electron chi connectivity index (χ2n) is 4.69. The SMILES string of the molecule is CC1CN(c2cc(F)c(Br)c(F)c2N)CCN1C. The third-order valence-corrected chi connectivity index (χ3v) is 4.21. The molecule has 0 radical (unpaired) electrons. The Kier molecular flexibility index (Phi) is 3.77. The Morgan fingerprint density at radius 2 is 2.06 bits per heavy atom. The molecule has 2 rings (SSSR count). The minimum Gasteiger partial charge on any atom is -0.395 e. The molecule has 18 heavy (non-hydrogen) atoms. The summed E-state index contributed by atoms with van der Waals surface area (Å²) < 4.78 is 27.1. The van der Waals surface area contributed by atoms with Crippen molar-refractivity contribution < 1.29 is 8.78 Å². The van der Waals surface area contributed by atoms with Crippen LogP contribution in [0.1, 0.15) is 6.92 Å². The summed E-state index contributed by atoms with van der Waals surface area (Å²) in [7, 11) is 2.04. The number of benzene rings is 1. The number of nitrogens with two attached hydrogens (primary N) is 1. The van der Waals surface area contributed by atoms with Gasteiger partial charge >= 0.3 is 0 Å². The van der Waals surface area contributed by atoms with E-state index in [-0.39, 0.29) is 10.2 Å². The van der Waals surface area contributed by atoms with E-state index in [0.717, 1.165) is 6.54 Å². The molecular formula is C12H16BrF2N3. The maximum atomic E-state index is 13.7. The second-order valence-corrected chi connectivity index (χ2v) is 5.49. The Morgan fingerprint density at radius 3 is 2.67 bits per heavy atom. The van der Waals surface area contributed by atoms with Crippen LogP contribution in [0.4, 0.5) is 20.2 Å². The molecule has 2 N–H and O–H groups in total. The summed E-state index contributed by atoms with van der Waals surface area (Å²) in [5, 5.41) is 0. The third kappa shape index (κ3) is 2.31. The largest absolute Gasteiger partial charge is 0.395 e. The van der Waals surface area contributed by atoms with Gasteiger partial charge in [-0.05, 0) is 29.9 Å². The average Bonchev–Trinajstić information content (AvgIpc) is 2.35. The number of halogens is 3. The highest BCUT2D eigenvalue weighted by Crippen LogP contribution is 2.34. The number of rotatable bonds is 1. The third-order valence-electron chi connectivity index (χ3n) is 3.48. The number of likely N-dealkylation sites (N-methyl/N-ethyl adjacent to an activating group) is 1. The lowest BCUT2D eigenvalue weighted by atomic mass is 10.1. The molecule has 0 aliphatic carbocycles. The van der Waals surface area contributed by atoms with E-state index in [1.165, 1.54) is 6.07 Å². The van der Waals surface area contributed by atoms with E-state index in [1.807, 2.05) is 11.9 Å². The van der Waals surface area contributed by atoms with Crippen molar-refractivity contribution in [2.75, 3.05) is 37.3 Å². The first kappa shape index (κ1) is 13.5. The smallest absolute Gasteiger partial charge is 0.165 e. The highest BCUT2D eigenvalue weighted by molar-refractivity contribution is 9.10. The standard InChI is InChI=1S/C12H16BrF2N3/c1-7-6-18(4-3-17(7)2)9-5-8(14)10(13)11(15)12(9)16/h5,7H,3-4,6,16H2,1-2H3. The highest BCUT2D eigenvalue weighted by atomic mass is 79.9. The fourth-order valence-electron chi connectivity index (χ4n) is 2.13. The predicted octanol–water partition coefficient (Wildman–Crippen LogP) is 2.45. The fraction of sp³-hybridized carbons (Fsp3) is 0.500. The number of hydrogen-bond donors (Lipinski definition) is 1. The molecule has 0 amide bonds. The molecule has 100 valence electrons. The second kappa shape index (κ2) is 5.01. The molecule has 1 aliphatic rings. The Bertz CT molecular complexity index is 467. The van der Waals surface area contributed by atoms with E-state index in [2.05, 4.69) is 27.8 Å². The zero-order chi connectivity index (χ0) is 13.4. The van der Waals surface area contributed by atoms with E-state index in [9.17, 15) is 8.78 Å². The molecule has 1 fully saturated rings. The molecule has 0 saturated carbocycles. The van der Waals surface area contributed by atoms with Crippen LogP contribution in [0.5, 0.6) is 0 Å². The first-order valence-electron chi connectivity index (χ1n) is 5.80. The minimum absolute atomic E-state index is 0.0000260. The zero-order valence-electron chi connectivity index (χ0n) is 10.4. The lowest BCUT2D eigenvalue weighted by Crippen LogP contribution is -2.50. The van der Waals surface area contributed by atoms with Gasteiger partial charge in [-0.25, -0.2) is 8.78 Å². The normalized spacial score (nSPS) is 21.4. The summed E-state index contributed by atoms with van der Waals surface area (Å²) in [4.78, 5) is 4.14. The van der Waals surface area contributed by atoms with Crippen LogP contribution in [0.25, 0.3) is 0 Å². The summed E-state index contributed by atoms with van der Waals surface area (Å²) in [6, 6.07) is 1.62. The molecule has 1 atom stereocenters. The van der Waals surface area contributed by atoms with Crippen molar-refractivity contribution in [2.45, 2.75) is 13.0 Å². The van der Waals surface area contributed by atoms with E-state index in [1.54, 1.807) is 0 Å². The number of hydrogen-bond acceptors (Lipinski definition) is 3. The maximum Gasteiger partial charge on any atom is 0.165 e. The van der Waals surface area contributed by atoms with E-state index in [4.69, 9.17) is 5.73 Å². The lowest BCUT2D eigenvalue weighted by Gasteiger charge is -2.39. The number of nitrogens with zero attached hydrogens (tertiary/aromatic N) is 2. The molecule has 1 aromatic rings. The predicted molar refractivity (Wildman–Crippen MR) is 72.8 cm³/mol. The summed E-state index contributed by atoms with van der Waals surface area (Å²) >= 11 is 2.85. The maximum absolute atomic E-state index is 13.7. The molecule has 0 spiro atoms. The molecule has 1 heterocycles. The van der Waals surface area contributed by atoms with Gasteiger partial charge in [-0.3, -0.25) is 0 Å². The van der Waals surface area contributed by atoms with Crippen molar-refractivity contribution >= 4 is 27.3 Å². The molecule has 1 aromatic carbocycles. The van der Waals surface area contributed by atoms with Gasteiger partial charge in [0.25, 0.3) is 0 Å². The van der Waals surface area contributed by atoms with Crippen molar-refractivity contribution in [1.29, 1.82) is 0 Å². The molecule has 0 bridgehead atoms. The topological polar surface area (TPSA) is 32.5 Å². The van der Waals surface area contributed by atoms with Crippen molar-refractivity contribution in [2.24, 2.45) is 0 Å². The Balaban J connectivity index is 2.34. The van der Waals surface area contributed by atoms with Gasteiger partial charge in [0.05, 0.1) is 15.8 Å². The lowest BCUT2D eigenvalue weighted by molar-refractivity contribution is 0.234. The molecular weight excluding hydrogens is 304 g/mol. The first-order chi connectivity index (χ1) is 8.41. The van der Waals surface area contributed by atoms with Crippen LogP contribution in [0, 0.1) is 11.6 Å². The van der Waals surface area contributed by atoms with Crippen molar-refractivity contribution in [1.82, 2.24) is 4.90 Å². The van der Waals surface area contributed by atoms with Gasteiger partial charge in [-0.15, -0.1) is 0 Å². The van der Waals surface area contributed by atoms with Crippen LogP contribution in [-0.2, 0) is 0 Å². The molecule has 1 aliphatic heterocycles. The van der Waals surface area contributed by atoms with E-state index in [0.29, 0.717) is 24.8 Å². The van der Waals surface area contributed by atoms with Gasteiger partial charge in [-0.1, -0.05) is 0 Å². The Morgan fingerprint density at radius 1 is 1.39 bits per heavy atom. The van der Waals surface area contributed by atoms with Crippen LogP contribution < -0.4 is 10.6 Å². The van der Waals surface area contributed by atoms with Gasteiger partial charge in [-0.2, -0.15) is 0 Å². The molecule has 6 heteroatoms. The van der Waals surface area contributed by atoms with Gasteiger partial charge in [0.15, 0.2) is 5.82 Å². The summed E-state index contributed by atoms with van der Waals surface area (Å²) in [5.74, 6) is -1.35. The first-order valence-corrected chi connectivity index (χ1v) is 6.59. The van der Waals surface area contributed by atoms with Crippen molar-refractivity contribution in [3.63, 3.8) is 0 Å². The monoisotopic (exact) mass is 319 g/mol. The zero-order valence-corrected chi connectivity index (χ0v) is 12.0. The van der Waals surface area contributed by atoms with Crippen LogP contribution >= 0.6 is 15.9 Å². The van der Waals surface area contributed by atoms with Crippen LogP contribution in [0.15, 0.2) is 10.5 Å². The minimum atomic E-state index is -0.725. The number of nitrogen functional groups attached to an aromatic ring is 1. The van der Waals surface area contributed by atoms with E-state index >= 15 is 0 Å². The van der Waals surface area contributed by atoms with Gasteiger partial charge < -0.3 is 15.5 Å². The summed E-state index contributed by atoms with van der Waals surface area (Å²) in [6.45, 7) is 4.35. The fourth-order valence-corrected chi connectivity index (χ4v) is 2.45. The average molecular weight is 320 g/mol. The van der Waals surface area contributed by atoms with Crippen LogP contribution in [0.2, 0.25) is 0 Å². The highest BCUT2D eigenvalue weighted by Gasteiger charge is 2.25. The summed E-state index contributed by atoms with van der Waals surface area (Å²) in [6.07, 6.45) is 0. The summed E-state index contributed by atoms with van der Waals surface area (Å²) in [5.41, 5.74) is 6.17. The van der Waals surface area contributed by atoms with Gasteiger partial charge in [0.1, 0.15) is 5.82 Å². The van der Waals surface area contributed by atoms with Gasteiger partial charge in [0, 0.05) is 31.7 Å². The number of piperazine rings is 1. The van der Waals surface area contributed by atoms with Crippen LogP contribution in [-0.4, -0.2) is 37.6 Å². The molecule has 3 nitrogen and oxygen atoms in total. The van der Waals surface area contributed by atoms with Crippen molar-refractivity contribution in [3.8, 4) is 0 Å². The van der Waals surface area contributed by atoms with Gasteiger partial charge in [0.2, 0.25) is 0 Å². The van der Waals surface area contributed by atoms with Crippen molar-refractivity contribution in [3.05, 3.63) is 22.2 Å². The molecule has 1 unspecified atom stereocenters. The molecule has 1 saturated heterocycles. The Hall–Kier alpha value is -0.880. The Labute approximate surface area is 114 Å². The quantitative estimate of drug-likeness (QED) is 0.637. The van der Waals surface area contributed by atoms with E-state index < -0.39 is 11.6 Å². The number of anilines is 2. The van der Waals surface area contributed by atoms with Crippen LogP contribution in [0.3, 0.4) is 0 Å². The molecule has 0 aromatic heterocycles.